The molecule has 74 valence electrons. The molecule has 1 rings (SSSR count). The second-order valence-electron chi connectivity index (χ2n) is 2.80. The van der Waals surface area contributed by atoms with Crippen LogP contribution in [0.5, 0.6) is 0 Å². The van der Waals surface area contributed by atoms with Crippen LogP contribution in [0, 0.1) is 0 Å². The highest BCUT2D eigenvalue weighted by molar-refractivity contribution is 6.20. The molecular formula is C8H14ClN3O. The van der Waals surface area contributed by atoms with E-state index in [-0.39, 0.29) is 5.38 Å². The molecule has 1 aromatic heterocycles. The summed E-state index contributed by atoms with van der Waals surface area (Å²) >= 11 is 6.06. The maximum atomic E-state index is 6.06. The van der Waals surface area contributed by atoms with Gasteiger partial charge in [-0.2, -0.15) is 0 Å². The lowest BCUT2D eigenvalue weighted by molar-refractivity contribution is 0.196. The van der Waals surface area contributed by atoms with Gasteiger partial charge < -0.3 is 4.74 Å². The van der Waals surface area contributed by atoms with Crippen LogP contribution in [0.25, 0.3) is 0 Å². The highest BCUT2D eigenvalue weighted by Gasteiger charge is 2.13. The van der Waals surface area contributed by atoms with E-state index in [4.69, 9.17) is 16.3 Å². The number of hydrogen-bond acceptors (Lipinski definition) is 3. The Morgan fingerprint density at radius 2 is 2.46 bits per heavy atom. The van der Waals surface area contributed by atoms with Gasteiger partial charge in [-0.05, 0) is 6.42 Å². The Bertz CT molecular complexity index is 251. The number of hydrogen-bond donors (Lipinski definition) is 0. The summed E-state index contributed by atoms with van der Waals surface area (Å²) in [6.07, 6.45) is 2.71. The van der Waals surface area contributed by atoms with Gasteiger partial charge >= 0.3 is 0 Å². The van der Waals surface area contributed by atoms with Gasteiger partial charge in [-0.3, -0.25) is 0 Å². The van der Waals surface area contributed by atoms with Crippen LogP contribution >= 0.6 is 11.6 Å². The van der Waals surface area contributed by atoms with Crippen molar-refractivity contribution in [1.82, 2.24) is 15.0 Å². The minimum atomic E-state index is -0.161. The third kappa shape index (κ3) is 2.67. The van der Waals surface area contributed by atoms with E-state index < -0.39 is 0 Å². The summed E-state index contributed by atoms with van der Waals surface area (Å²) in [5, 5.41) is 7.59. The van der Waals surface area contributed by atoms with Gasteiger partial charge in [0.25, 0.3) is 0 Å². The van der Waals surface area contributed by atoms with Crippen LogP contribution < -0.4 is 0 Å². The van der Waals surface area contributed by atoms with Crippen LogP contribution in [-0.4, -0.2) is 28.7 Å². The minimum Gasteiger partial charge on any atom is -0.383 e. The van der Waals surface area contributed by atoms with Crippen LogP contribution in [0.4, 0.5) is 0 Å². The molecule has 13 heavy (non-hydrogen) atoms. The van der Waals surface area contributed by atoms with Gasteiger partial charge in [0.15, 0.2) is 0 Å². The van der Waals surface area contributed by atoms with E-state index in [1.165, 1.54) is 0 Å². The number of methoxy groups -OCH3 is 1. The fourth-order valence-corrected chi connectivity index (χ4v) is 1.42. The van der Waals surface area contributed by atoms with E-state index in [1.54, 1.807) is 13.3 Å². The van der Waals surface area contributed by atoms with E-state index >= 15 is 0 Å². The first-order chi connectivity index (χ1) is 6.29. The van der Waals surface area contributed by atoms with Crippen molar-refractivity contribution < 1.29 is 4.74 Å². The van der Waals surface area contributed by atoms with Crippen LogP contribution in [0.1, 0.15) is 24.4 Å². The van der Waals surface area contributed by atoms with Crippen molar-refractivity contribution in [3.63, 3.8) is 0 Å². The average Bonchev–Trinajstić information content (AvgIpc) is 2.54. The molecule has 0 aliphatic carbocycles. The van der Waals surface area contributed by atoms with Gasteiger partial charge in [-0.1, -0.05) is 12.1 Å². The Morgan fingerprint density at radius 3 is 3.08 bits per heavy atom. The van der Waals surface area contributed by atoms with E-state index in [1.807, 2.05) is 4.68 Å². The van der Waals surface area contributed by atoms with Gasteiger partial charge in [0.1, 0.15) is 5.38 Å². The molecule has 4 nitrogen and oxygen atoms in total. The van der Waals surface area contributed by atoms with Gasteiger partial charge in [0, 0.05) is 13.7 Å². The third-order valence-corrected chi connectivity index (χ3v) is 2.07. The molecular weight excluding hydrogens is 190 g/mol. The van der Waals surface area contributed by atoms with Gasteiger partial charge in [0.05, 0.1) is 18.5 Å². The van der Waals surface area contributed by atoms with Crippen molar-refractivity contribution in [3.05, 3.63) is 11.9 Å². The molecule has 0 aromatic carbocycles. The number of rotatable bonds is 5. The maximum absolute atomic E-state index is 6.06. The first-order valence-electron chi connectivity index (χ1n) is 4.31. The summed E-state index contributed by atoms with van der Waals surface area (Å²) in [6, 6.07) is 0. The molecule has 0 bridgehead atoms. The van der Waals surface area contributed by atoms with Crippen LogP contribution in [0.2, 0.25) is 0 Å². The lowest BCUT2D eigenvalue weighted by atomic mass is 10.3. The molecule has 0 fully saturated rings. The predicted molar refractivity (Wildman–Crippen MR) is 50.8 cm³/mol. The Kier molecular flexibility index (Phi) is 4.18. The largest absolute Gasteiger partial charge is 0.383 e. The van der Waals surface area contributed by atoms with E-state index in [9.17, 15) is 0 Å². The Balaban J connectivity index is 2.68. The minimum absolute atomic E-state index is 0.161. The fourth-order valence-electron chi connectivity index (χ4n) is 1.13. The molecule has 0 aliphatic heterocycles. The van der Waals surface area contributed by atoms with Crippen molar-refractivity contribution in [2.45, 2.75) is 25.3 Å². The molecule has 1 aromatic rings. The zero-order valence-corrected chi connectivity index (χ0v) is 8.66. The Hall–Kier alpha value is -0.610. The van der Waals surface area contributed by atoms with Crippen molar-refractivity contribution in [2.75, 3.05) is 13.7 Å². The lowest BCUT2D eigenvalue weighted by Gasteiger charge is -2.09. The number of aromatic nitrogens is 3. The number of ether oxygens (including phenoxy) is 1. The molecule has 0 saturated carbocycles. The molecule has 5 heteroatoms. The third-order valence-electron chi connectivity index (χ3n) is 1.72. The topological polar surface area (TPSA) is 39.9 Å². The predicted octanol–water partition coefficient (Wildman–Crippen LogP) is 1.61. The van der Waals surface area contributed by atoms with E-state index in [2.05, 4.69) is 17.2 Å². The zero-order valence-electron chi connectivity index (χ0n) is 7.90. The monoisotopic (exact) mass is 203 g/mol. The molecule has 0 amide bonds. The quantitative estimate of drug-likeness (QED) is 0.683. The number of aryl methyl sites for hydroxylation is 1. The number of nitrogens with zero attached hydrogens (tertiary/aromatic N) is 3. The molecule has 1 atom stereocenters. The number of halogens is 1. The van der Waals surface area contributed by atoms with E-state index in [0.717, 1.165) is 18.7 Å². The Morgan fingerprint density at radius 1 is 1.69 bits per heavy atom. The van der Waals surface area contributed by atoms with Crippen molar-refractivity contribution in [1.29, 1.82) is 0 Å². The second kappa shape index (κ2) is 5.19. The summed E-state index contributed by atoms with van der Waals surface area (Å²) in [6.45, 7) is 3.42. The molecule has 0 saturated heterocycles. The highest BCUT2D eigenvalue weighted by atomic mass is 35.5. The summed E-state index contributed by atoms with van der Waals surface area (Å²) < 4.78 is 6.78. The first kappa shape index (κ1) is 10.5. The van der Waals surface area contributed by atoms with Crippen LogP contribution in [-0.2, 0) is 11.3 Å². The summed E-state index contributed by atoms with van der Waals surface area (Å²) in [4.78, 5) is 0. The van der Waals surface area contributed by atoms with Gasteiger partial charge in [-0.25, -0.2) is 4.68 Å². The van der Waals surface area contributed by atoms with Crippen LogP contribution in [0.3, 0.4) is 0 Å². The van der Waals surface area contributed by atoms with Crippen molar-refractivity contribution in [3.8, 4) is 0 Å². The average molecular weight is 204 g/mol. The highest BCUT2D eigenvalue weighted by Crippen LogP contribution is 2.19. The molecule has 0 aliphatic rings. The van der Waals surface area contributed by atoms with Crippen molar-refractivity contribution in [2.24, 2.45) is 0 Å². The maximum Gasteiger partial charge on any atom is 0.100 e. The smallest absolute Gasteiger partial charge is 0.100 e. The number of alkyl halides is 1. The normalized spacial score (nSPS) is 13.2. The van der Waals surface area contributed by atoms with E-state index in [0.29, 0.717) is 6.61 Å². The first-order valence-corrected chi connectivity index (χ1v) is 4.74. The zero-order chi connectivity index (χ0) is 9.68. The van der Waals surface area contributed by atoms with Gasteiger partial charge in [-0.15, -0.1) is 16.7 Å². The fraction of sp³-hybridized carbons (Fsp3) is 0.750. The van der Waals surface area contributed by atoms with Crippen molar-refractivity contribution >= 4 is 11.6 Å². The summed E-state index contributed by atoms with van der Waals surface area (Å²) in [7, 11) is 1.63. The summed E-state index contributed by atoms with van der Waals surface area (Å²) in [5.74, 6) is 0. The summed E-state index contributed by atoms with van der Waals surface area (Å²) in [5.41, 5.74) is 0.922. The van der Waals surface area contributed by atoms with Gasteiger partial charge in [0.2, 0.25) is 0 Å². The molecule has 0 N–H and O–H groups in total. The van der Waals surface area contributed by atoms with Crippen LogP contribution in [0.15, 0.2) is 6.20 Å². The Labute approximate surface area is 82.8 Å². The molecule has 1 heterocycles. The molecule has 0 spiro atoms. The molecule has 0 radical (unpaired) electrons. The SMILES string of the molecule is CCCn1nncc1C(Cl)COC. The standard InChI is InChI=1S/C8H14ClN3O/c1-3-4-12-8(5-10-11-12)7(9)6-13-2/h5,7H,3-4,6H2,1-2H3. The second-order valence-corrected chi connectivity index (χ2v) is 3.33. The lowest BCUT2D eigenvalue weighted by Crippen LogP contribution is -2.09. The molecule has 1 unspecified atom stereocenters.